The van der Waals surface area contributed by atoms with Gasteiger partial charge in [0.15, 0.2) is 11.5 Å². The number of carbonyl (C=O) groups excluding carboxylic acids is 1. The zero-order valence-electron chi connectivity index (χ0n) is 32.6. The predicted molar refractivity (Wildman–Crippen MR) is 214 cm³/mol. The summed E-state index contributed by atoms with van der Waals surface area (Å²) in [5.41, 5.74) is 4.11. The van der Waals surface area contributed by atoms with Gasteiger partial charge in [-0.25, -0.2) is 4.39 Å². The number of benzene rings is 5. The third kappa shape index (κ3) is 8.84. The van der Waals surface area contributed by atoms with Crippen LogP contribution in [0.2, 0.25) is 0 Å². The molecule has 7 nitrogen and oxygen atoms in total. The van der Waals surface area contributed by atoms with Crippen LogP contribution in [0.15, 0.2) is 127 Å². The average Bonchev–Trinajstić information content (AvgIpc) is 3.87. The van der Waals surface area contributed by atoms with Crippen molar-refractivity contribution < 1.29 is 41.7 Å². The van der Waals surface area contributed by atoms with E-state index in [0.717, 1.165) is 27.8 Å². The third-order valence-electron chi connectivity index (χ3n) is 11.1. The van der Waals surface area contributed by atoms with Crippen LogP contribution in [0.3, 0.4) is 0 Å². The number of halogens is 3. The highest BCUT2D eigenvalue weighted by molar-refractivity contribution is 5.95. The smallest absolute Gasteiger partial charge is 0.395 e. The largest absolute Gasteiger partial charge is 0.586 e. The summed E-state index contributed by atoms with van der Waals surface area (Å²) in [7, 11) is 0. The lowest BCUT2D eigenvalue weighted by atomic mass is 9.87. The van der Waals surface area contributed by atoms with Crippen LogP contribution in [0.1, 0.15) is 60.2 Å². The lowest BCUT2D eigenvalue weighted by Crippen LogP contribution is -2.32. The molecule has 2 aliphatic rings. The number of nitrogens with zero attached hydrogens (tertiary/aromatic N) is 1. The standard InChI is InChI=1S/C48H46F3NO6/c1-46(2,32-55-29-34-14-8-4-9-15-34)44-23-37-22-36(24-45(53)47(20-21-47)38-18-19-42-43(25-38)58-48(50,51)57-42)40(49)26-41(37)52(44)27-39(56-30-35-16-10-5-11-17-35)31-54-28-33-12-6-3-7-13-33/h3-19,22-23,25-26,39H,20-21,24,27-32H2,1-2H3/t39-/m1/s1. The number of rotatable bonds is 18. The highest BCUT2D eigenvalue weighted by atomic mass is 19.3. The summed E-state index contributed by atoms with van der Waals surface area (Å²) in [4.78, 5) is 14.0. The topological polar surface area (TPSA) is 68.2 Å². The number of aromatic nitrogens is 1. The fourth-order valence-corrected chi connectivity index (χ4v) is 7.77. The summed E-state index contributed by atoms with van der Waals surface area (Å²) in [6.07, 6.45) is -3.27. The molecule has 1 fully saturated rings. The zero-order chi connectivity index (χ0) is 40.3. The summed E-state index contributed by atoms with van der Waals surface area (Å²) in [6, 6.07) is 39.6. The Morgan fingerprint density at radius 2 is 1.36 bits per heavy atom. The van der Waals surface area contributed by atoms with Crippen LogP contribution in [0.25, 0.3) is 10.9 Å². The Labute approximate surface area is 336 Å². The normalized spacial score (nSPS) is 15.7. The summed E-state index contributed by atoms with van der Waals surface area (Å²) < 4.78 is 74.3. The summed E-state index contributed by atoms with van der Waals surface area (Å²) >= 11 is 0. The van der Waals surface area contributed by atoms with Crippen molar-refractivity contribution in [1.82, 2.24) is 4.57 Å². The number of ketones is 1. The van der Waals surface area contributed by atoms with E-state index < -0.39 is 29.0 Å². The first-order chi connectivity index (χ1) is 28.0. The second kappa shape index (κ2) is 16.4. The summed E-state index contributed by atoms with van der Waals surface area (Å²) in [6.45, 7) is 6.47. The van der Waals surface area contributed by atoms with Crippen molar-refractivity contribution in [1.29, 1.82) is 0 Å². The number of carbonyl (C=O) groups is 1. The molecule has 0 spiro atoms. The van der Waals surface area contributed by atoms with Gasteiger partial charge < -0.3 is 28.3 Å². The Morgan fingerprint density at radius 1 is 0.759 bits per heavy atom. The maximum Gasteiger partial charge on any atom is 0.586 e. The van der Waals surface area contributed by atoms with Crippen molar-refractivity contribution in [3.8, 4) is 11.5 Å². The maximum atomic E-state index is 16.4. The molecule has 0 N–H and O–H groups in total. The number of hydrogen-bond donors (Lipinski definition) is 0. The quantitative estimate of drug-likeness (QED) is 0.0864. The van der Waals surface area contributed by atoms with Crippen LogP contribution in [-0.2, 0) is 62.6 Å². The molecule has 58 heavy (non-hydrogen) atoms. The lowest BCUT2D eigenvalue weighted by molar-refractivity contribution is -0.286. The molecule has 1 saturated carbocycles. The fourth-order valence-electron chi connectivity index (χ4n) is 7.77. The second-order valence-corrected chi connectivity index (χ2v) is 15.9. The van der Waals surface area contributed by atoms with Crippen molar-refractivity contribution in [3.63, 3.8) is 0 Å². The monoisotopic (exact) mass is 789 g/mol. The van der Waals surface area contributed by atoms with E-state index in [0.29, 0.717) is 63.5 Å². The molecule has 0 unspecified atom stereocenters. The molecular formula is C48H46F3NO6. The molecule has 0 saturated heterocycles. The second-order valence-electron chi connectivity index (χ2n) is 15.9. The molecule has 0 amide bonds. The van der Waals surface area contributed by atoms with E-state index >= 15 is 4.39 Å². The Hall–Kier alpha value is -5.42. The van der Waals surface area contributed by atoms with E-state index in [2.05, 4.69) is 34.0 Å². The number of alkyl halides is 2. The van der Waals surface area contributed by atoms with Crippen molar-refractivity contribution in [2.45, 2.75) is 82.7 Å². The van der Waals surface area contributed by atoms with Crippen LogP contribution in [0.5, 0.6) is 11.5 Å². The molecule has 5 aromatic carbocycles. The van der Waals surface area contributed by atoms with Crippen molar-refractivity contribution >= 4 is 16.7 Å². The molecule has 300 valence electrons. The van der Waals surface area contributed by atoms with E-state index in [9.17, 15) is 13.6 Å². The van der Waals surface area contributed by atoms with Crippen LogP contribution >= 0.6 is 0 Å². The first-order valence-electron chi connectivity index (χ1n) is 19.6. The van der Waals surface area contributed by atoms with Gasteiger partial charge in [0.2, 0.25) is 0 Å². The molecule has 10 heteroatoms. The van der Waals surface area contributed by atoms with Gasteiger partial charge in [0.1, 0.15) is 11.6 Å². The lowest BCUT2D eigenvalue weighted by Gasteiger charge is -2.29. The molecule has 8 rings (SSSR count). The van der Waals surface area contributed by atoms with Crippen molar-refractivity contribution in [2.75, 3.05) is 13.2 Å². The Morgan fingerprint density at radius 3 is 2.00 bits per heavy atom. The molecule has 6 aromatic rings. The zero-order valence-corrected chi connectivity index (χ0v) is 32.6. The summed E-state index contributed by atoms with van der Waals surface area (Å²) in [5, 5.41) is 0.775. The maximum absolute atomic E-state index is 16.4. The molecule has 1 aliphatic heterocycles. The third-order valence-corrected chi connectivity index (χ3v) is 11.1. The molecule has 1 atom stereocenters. The van der Waals surface area contributed by atoms with Crippen molar-refractivity contribution in [2.24, 2.45) is 0 Å². The predicted octanol–water partition coefficient (Wildman–Crippen LogP) is 10.2. The van der Waals surface area contributed by atoms with E-state index in [-0.39, 0.29) is 29.3 Å². The van der Waals surface area contributed by atoms with Gasteiger partial charge in [-0.1, -0.05) is 111 Å². The Balaban J connectivity index is 1.09. The first kappa shape index (κ1) is 39.4. The highest BCUT2D eigenvalue weighted by Crippen LogP contribution is 2.53. The van der Waals surface area contributed by atoms with Crippen LogP contribution in [0, 0.1) is 5.82 Å². The van der Waals surface area contributed by atoms with Gasteiger partial charge >= 0.3 is 6.29 Å². The van der Waals surface area contributed by atoms with Crippen LogP contribution < -0.4 is 9.47 Å². The Kier molecular flexibility index (Phi) is 11.2. The van der Waals surface area contributed by atoms with E-state index in [1.807, 2.05) is 91.0 Å². The van der Waals surface area contributed by atoms with Crippen LogP contribution in [-0.4, -0.2) is 36.0 Å². The molecule has 0 radical (unpaired) electrons. The van der Waals surface area contributed by atoms with Crippen LogP contribution in [0.4, 0.5) is 13.2 Å². The molecule has 2 heterocycles. The highest BCUT2D eigenvalue weighted by Gasteiger charge is 2.52. The molecule has 1 aliphatic carbocycles. The van der Waals surface area contributed by atoms with Gasteiger partial charge in [0.05, 0.1) is 56.6 Å². The van der Waals surface area contributed by atoms with Crippen molar-refractivity contribution in [3.05, 3.63) is 167 Å². The Bertz CT molecular complexity index is 2360. The molecule has 0 bridgehead atoms. The van der Waals surface area contributed by atoms with Gasteiger partial charge in [0, 0.05) is 22.9 Å². The molecule has 1 aromatic heterocycles. The minimum Gasteiger partial charge on any atom is -0.395 e. The van der Waals surface area contributed by atoms with Gasteiger partial charge in [-0.05, 0) is 71.0 Å². The van der Waals surface area contributed by atoms with E-state index in [1.165, 1.54) is 18.2 Å². The SMILES string of the molecule is CC(C)(COCc1ccccc1)c1cc2cc(CC(=O)C3(c4ccc5c(c4)OC(F)(F)O5)CC3)c(F)cc2n1C[C@H](COCc1ccccc1)OCc1ccccc1. The average molecular weight is 790 g/mol. The van der Waals surface area contributed by atoms with E-state index in [1.54, 1.807) is 12.1 Å². The number of fused-ring (bicyclic) bond motifs is 2. The minimum atomic E-state index is -3.76. The van der Waals surface area contributed by atoms with Gasteiger partial charge in [-0.15, -0.1) is 8.78 Å². The number of ether oxygens (including phenoxy) is 5. The van der Waals surface area contributed by atoms with Gasteiger partial charge in [-0.2, -0.15) is 0 Å². The number of hydrogen-bond acceptors (Lipinski definition) is 6. The van der Waals surface area contributed by atoms with Gasteiger partial charge in [-0.3, -0.25) is 4.79 Å². The van der Waals surface area contributed by atoms with E-state index in [4.69, 9.17) is 14.2 Å². The fraction of sp³-hybridized carbons (Fsp3) is 0.312. The summed E-state index contributed by atoms with van der Waals surface area (Å²) in [5.74, 6) is -0.892. The first-order valence-corrected chi connectivity index (χ1v) is 19.6. The molecular weight excluding hydrogens is 744 g/mol. The van der Waals surface area contributed by atoms with Gasteiger partial charge in [0.25, 0.3) is 0 Å². The minimum absolute atomic E-state index is 0.0855. The number of Topliss-reactive ketones (excluding diaryl/α,β-unsaturated/α-hetero) is 1.